The predicted molar refractivity (Wildman–Crippen MR) is 80.4 cm³/mol. The quantitative estimate of drug-likeness (QED) is 0.545. The standard InChI is InChI=1S/C17H24O3/c1-13(2)6-5-7-14(3)10-17(20-15(4)18)11-16-8-9-19-12-16/h6,8-10,12,17H,5,7,11H2,1-4H3/t17-/m0/s1. The summed E-state index contributed by atoms with van der Waals surface area (Å²) in [4.78, 5) is 11.2. The Balaban J connectivity index is 2.62. The first-order chi connectivity index (χ1) is 9.47. The topological polar surface area (TPSA) is 39.4 Å². The molecule has 0 aliphatic rings. The van der Waals surface area contributed by atoms with E-state index in [0.717, 1.165) is 18.4 Å². The zero-order valence-electron chi connectivity index (χ0n) is 12.8. The second-order valence-corrected chi connectivity index (χ2v) is 5.32. The van der Waals surface area contributed by atoms with Gasteiger partial charge in [-0.05, 0) is 51.3 Å². The van der Waals surface area contributed by atoms with Gasteiger partial charge in [-0.1, -0.05) is 17.2 Å². The molecular formula is C17H24O3. The summed E-state index contributed by atoms with van der Waals surface area (Å²) in [7, 11) is 0. The van der Waals surface area contributed by atoms with Crippen LogP contribution in [0.4, 0.5) is 0 Å². The molecule has 0 aromatic carbocycles. The Morgan fingerprint density at radius 2 is 2.10 bits per heavy atom. The van der Waals surface area contributed by atoms with Crippen LogP contribution in [0.2, 0.25) is 0 Å². The van der Waals surface area contributed by atoms with Gasteiger partial charge in [0.15, 0.2) is 0 Å². The van der Waals surface area contributed by atoms with Gasteiger partial charge in [0.1, 0.15) is 6.10 Å². The zero-order valence-corrected chi connectivity index (χ0v) is 12.8. The van der Waals surface area contributed by atoms with Gasteiger partial charge < -0.3 is 9.15 Å². The van der Waals surface area contributed by atoms with E-state index >= 15 is 0 Å². The maximum atomic E-state index is 11.2. The molecule has 3 nitrogen and oxygen atoms in total. The lowest BCUT2D eigenvalue weighted by molar-refractivity contribution is -0.144. The summed E-state index contributed by atoms with van der Waals surface area (Å²) in [5.74, 6) is -0.258. The zero-order chi connectivity index (χ0) is 15.0. The van der Waals surface area contributed by atoms with Crippen molar-refractivity contribution in [2.75, 3.05) is 0 Å². The summed E-state index contributed by atoms with van der Waals surface area (Å²) < 4.78 is 10.4. The Morgan fingerprint density at radius 1 is 1.35 bits per heavy atom. The van der Waals surface area contributed by atoms with Crippen molar-refractivity contribution in [1.29, 1.82) is 0 Å². The first kappa shape index (κ1) is 16.3. The monoisotopic (exact) mass is 276 g/mol. The van der Waals surface area contributed by atoms with Crippen molar-refractivity contribution in [2.24, 2.45) is 0 Å². The Morgan fingerprint density at radius 3 is 2.65 bits per heavy atom. The fourth-order valence-corrected chi connectivity index (χ4v) is 1.98. The van der Waals surface area contributed by atoms with Crippen molar-refractivity contribution in [1.82, 2.24) is 0 Å². The first-order valence-corrected chi connectivity index (χ1v) is 6.96. The third-order valence-corrected chi connectivity index (χ3v) is 2.90. The number of ether oxygens (including phenoxy) is 1. The average Bonchev–Trinajstić information content (AvgIpc) is 2.80. The third kappa shape index (κ3) is 6.98. The average molecular weight is 276 g/mol. The summed E-state index contributed by atoms with van der Waals surface area (Å²) >= 11 is 0. The molecule has 0 amide bonds. The van der Waals surface area contributed by atoms with Crippen LogP contribution in [0, 0.1) is 0 Å². The number of hydrogen-bond donors (Lipinski definition) is 0. The van der Waals surface area contributed by atoms with Crippen molar-refractivity contribution < 1.29 is 13.9 Å². The minimum absolute atomic E-state index is 0.225. The van der Waals surface area contributed by atoms with Gasteiger partial charge >= 0.3 is 5.97 Å². The van der Waals surface area contributed by atoms with Crippen LogP contribution in [0.25, 0.3) is 0 Å². The van der Waals surface area contributed by atoms with E-state index in [1.807, 2.05) is 12.1 Å². The summed E-state index contributed by atoms with van der Waals surface area (Å²) in [6, 6.07) is 1.89. The van der Waals surface area contributed by atoms with E-state index in [4.69, 9.17) is 9.15 Å². The van der Waals surface area contributed by atoms with Gasteiger partial charge in [-0.2, -0.15) is 0 Å². The molecule has 110 valence electrons. The molecule has 1 heterocycles. The first-order valence-electron chi connectivity index (χ1n) is 6.96. The van der Waals surface area contributed by atoms with Crippen molar-refractivity contribution in [3.05, 3.63) is 47.5 Å². The summed E-state index contributed by atoms with van der Waals surface area (Å²) in [5.41, 5.74) is 3.59. The van der Waals surface area contributed by atoms with Gasteiger partial charge in [0.2, 0.25) is 0 Å². The Kier molecular flexibility index (Phi) is 6.85. The molecule has 0 aliphatic heterocycles. The fourth-order valence-electron chi connectivity index (χ4n) is 1.98. The molecule has 20 heavy (non-hydrogen) atoms. The molecule has 0 saturated carbocycles. The van der Waals surface area contributed by atoms with E-state index in [2.05, 4.69) is 26.8 Å². The maximum Gasteiger partial charge on any atom is 0.303 e. The van der Waals surface area contributed by atoms with E-state index < -0.39 is 0 Å². The highest BCUT2D eigenvalue weighted by atomic mass is 16.5. The van der Waals surface area contributed by atoms with Gasteiger partial charge in [0, 0.05) is 13.3 Å². The largest absolute Gasteiger partial charge is 0.472 e. The molecular weight excluding hydrogens is 252 g/mol. The molecule has 0 unspecified atom stereocenters. The lowest BCUT2D eigenvalue weighted by Crippen LogP contribution is -2.17. The molecule has 0 bridgehead atoms. The van der Waals surface area contributed by atoms with Crippen LogP contribution in [0.15, 0.2) is 46.3 Å². The molecule has 3 heteroatoms. The molecule has 0 radical (unpaired) electrons. The highest BCUT2D eigenvalue weighted by Gasteiger charge is 2.11. The van der Waals surface area contributed by atoms with Crippen molar-refractivity contribution in [3.63, 3.8) is 0 Å². The molecule has 1 rings (SSSR count). The number of carbonyl (C=O) groups is 1. The number of carbonyl (C=O) groups excluding carboxylic acids is 1. The highest BCUT2D eigenvalue weighted by molar-refractivity contribution is 5.66. The molecule has 0 aliphatic carbocycles. The van der Waals surface area contributed by atoms with Gasteiger partial charge in [0.05, 0.1) is 12.5 Å². The Bertz CT molecular complexity index is 462. The normalized spacial score (nSPS) is 12.9. The molecule has 1 atom stereocenters. The van der Waals surface area contributed by atoms with Gasteiger partial charge in [-0.25, -0.2) is 0 Å². The van der Waals surface area contributed by atoms with Crippen LogP contribution < -0.4 is 0 Å². The molecule has 1 aromatic heterocycles. The van der Waals surface area contributed by atoms with Crippen LogP contribution in [-0.4, -0.2) is 12.1 Å². The summed E-state index contributed by atoms with van der Waals surface area (Å²) in [6.45, 7) is 7.71. The Hall–Kier alpha value is -1.77. The van der Waals surface area contributed by atoms with Gasteiger partial charge in [0.25, 0.3) is 0 Å². The van der Waals surface area contributed by atoms with E-state index in [-0.39, 0.29) is 12.1 Å². The van der Waals surface area contributed by atoms with Crippen LogP contribution in [-0.2, 0) is 16.0 Å². The van der Waals surface area contributed by atoms with Crippen LogP contribution in [0.1, 0.15) is 46.1 Å². The minimum Gasteiger partial charge on any atom is -0.472 e. The minimum atomic E-state index is -0.258. The van der Waals surface area contributed by atoms with E-state index in [1.165, 1.54) is 18.1 Å². The molecule has 0 saturated heterocycles. The Labute approximate surface area is 121 Å². The van der Waals surface area contributed by atoms with E-state index in [0.29, 0.717) is 6.42 Å². The number of esters is 1. The molecule has 0 spiro atoms. The molecule has 1 aromatic rings. The number of rotatable bonds is 7. The molecule has 0 fully saturated rings. The smallest absolute Gasteiger partial charge is 0.303 e. The SMILES string of the molecule is CC(=O)O[C@@H](C=C(C)CCC=C(C)C)Cc1ccoc1. The second-order valence-electron chi connectivity index (χ2n) is 5.32. The van der Waals surface area contributed by atoms with Crippen molar-refractivity contribution in [2.45, 2.75) is 53.1 Å². The second kappa shape index (κ2) is 8.41. The van der Waals surface area contributed by atoms with Gasteiger partial charge in [-0.15, -0.1) is 0 Å². The van der Waals surface area contributed by atoms with E-state index in [1.54, 1.807) is 12.5 Å². The van der Waals surface area contributed by atoms with Crippen LogP contribution in [0.5, 0.6) is 0 Å². The maximum absolute atomic E-state index is 11.2. The summed E-state index contributed by atoms with van der Waals surface area (Å²) in [6.07, 6.45) is 9.99. The number of allylic oxidation sites excluding steroid dienone is 3. The number of furan rings is 1. The van der Waals surface area contributed by atoms with Crippen molar-refractivity contribution >= 4 is 5.97 Å². The van der Waals surface area contributed by atoms with Crippen LogP contribution >= 0.6 is 0 Å². The third-order valence-electron chi connectivity index (χ3n) is 2.90. The van der Waals surface area contributed by atoms with E-state index in [9.17, 15) is 4.79 Å². The lowest BCUT2D eigenvalue weighted by Gasteiger charge is -2.13. The van der Waals surface area contributed by atoms with Crippen LogP contribution in [0.3, 0.4) is 0 Å². The highest BCUT2D eigenvalue weighted by Crippen LogP contribution is 2.13. The predicted octanol–water partition coefficient (Wildman–Crippen LogP) is 4.45. The lowest BCUT2D eigenvalue weighted by atomic mass is 10.1. The fraction of sp³-hybridized carbons (Fsp3) is 0.471. The van der Waals surface area contributed by atoms with Gasteiger partial charge in [-0.3, -0.25) is 4.79 Å². The molecule has 0 N–H and O–H groups in total. The number of hydrogen-bond acceptors (Lipinski definition) is 3. The van der Waals surface area contributed by atoms with Crippen molar-refractivity contribution in [3.8, 4) is 0 Å². The summed E-state index contributed by atoms with van der Waals surface area (Å²) in [5, 5.41) is 0.